The largest absolute Gasteiger partial charge is 0.455 e. The number of nitrogens with one attached hydrogen (secondary N) is 1. The van der Waals surface area contributed by atoms with Crippen LogP contribution < -0.4 is 5.32 Å². The lowest BCUT2D eigenvalue weighted by Gasteiger charge is -2.14. The Labute approximate surface area is 140 Å². The maximum absolute atomic E-state index is 13.5. The number of rotatable bonds is 7. The maximum atomic E-state index is 13.5. The second kappa shape index (κ2) is 8.82. The van der Waals surface area contributed by atoms with Crippen molar-refractivity contribution in [2.45, 2.75) is 25.8 Å². The van der Waals surface area contributed by atoms with Crippen molar-refractivity contribution in [3.8, 4) is 0 Å². The SMILES string of the molecule is CC[C@H](C(=O)OCC(=O)NCc1ccccc1F)c1ccccc1. The average molecular weight is 329 g/mol. The van der Waals surface area contributed by atoms with Gasteiger partial charge >= 0.3 is 5.97 Å². The van der Waals surface area contributed by atoms with E-state index >= 15 is 0 Å². The van der Waals surface area contributed by atoms with Gasteiger partial charge in [0.1, 0.15) is 5.82 Å². The predicted molar refractivity (Wildman–Crippen MR) is 88.7 cm³/mol. The zero-order chi connectivity index (χ0) is 17.4. The Hall–Kier alpha value is -2.69. The van der Waals surface area contributed by atoms with Gasteiger partial charge in [-0.3, -0.25) is 9.59 Å². The normalized spacial score (nSPS) is 11.6. The third-order valence-electron chi connectivity index (χ3n) is 3.67. The molecule has 0 bridgehead atoms. The van der Waals surface area contributed by atoms with Crippen LogP contribution >= 0.6 is 0 Å². The van der Waals surface area contributed by atoms with Gasteiger partial charge in [0.05, 0.1) is 5.92 Å². The van der Waals surface area contributed by atoms with E-state index in [1.807, 2.05) is 37.3 Å². The van der Waals surface area contributed by atoms with Gasteiger partial charge in [-0.15, -0.1) is 0 Å². The van der Waals surface area contributed by atoms with Crippen molar-refractivity contribution in [2.24, 2.45) is 0 Å². The van der Waals surface area contributed by atoms with Crippen molar-refractivity contribution in [3.63, 3.8) is 0 Å². The molecule has 0 radical (unpaired) electrons. The van der Waals surface area contributed by atoms with Crippen LogP contribution in [-0.2, 0) is 20.9 Å². The summed E-state index contributed by atoms with van der Waals surface area (Å²) in [6.45, 7) is 1.56. The average Bonchev–Trinajstić information content (AvgIpc) is 2.61. The summed E-state index contributed by atoms with van der Waals surface area (Å²) < 4.78 is 18.5. The van der Waals surface area contributed by atoms with Gasteiger partial charge < -0.3 is 10.1 Å². The van der Waals surface area contributed by atoms with Crippen molar-refractivity contribution in [1.29, 1.82) is 0 Å². The van der Waals surface area contributed by atoms with Crippen LogP contribution in [0.25, 0.3) is 0 Å². The van der Waals surface area contributed by atoms with Crippen LogP contribution in [0.5, 0.6) is 0 Å². The lowest BCUT2D eigenvalue weighted by atomic mass is 9.97. The molecule has 1 N–H and O–H groups in total. The van der Waals surface area contributed by atoms with E-state index in [-0.39, 0.29) is 19.0 Å². The quantitative estimate of drug-likeness (QED) is 0.794. The highest BCUT2D eigenvalue weighted by atomic mass is 19.1. The lowest BCUT2D eigenvalue weighted by molar-refractivity contribution is -0.150. The van der Waals surface area contributed by atoms with Crippen molar-refractivity contribution >= 4 is 11.9 Å². The molecule has 2 rings (SSSR count). The number of esters is 1. The predicted octanol–water partition coefficient (Wildman–Crippen LogP) is 3.18. The van der Waals surface area contributed by atoms with Gasteiger partial charge in [0.15, 0.2) is 6.61 Å². The minimum atomic E-state index is -0.463. The number of ether oxygens (including phenoxy) is 1. The number of hydrogen-bond acceptors (Lipinski definition) is 3. The van der Waals surface area contributed by atoms with E-state index in [0.717, 1.165) is 5.56 Å². The van der Waals surface area contributed by atoms with Crippen LogP contribution in [0.4, 0.5) is 4.39 Å². The molecule has 0 spiro atoms. The first-order chi connectivity index (χ1) is 11.6. The molecule has 1 atom stereocenters. The van der Waals surface area contributed by atoms with E-state index in [1.54, 1.807) is 18.2 Å². The van der Waals surface area contributed by atoms with Gasteiger partial charge in [0.2, 0.25) is 0 Å². The van der Waals surface area contributed by atoms with Crippen molar-refractivity contribution < 1.29 is 18.7 Å². The Bertz CT molecular complexity index is 688. The second-order valence-corrected chi connectivity index (χ2v) is 5.35. The number of benzene rings is 2. The van der Waals surface area contributed by atoms with Gasteiger partial charge in [-0.1, -0.05) is 55.5 Å². The molecule has 4 nitrogen and oxygen atoms in total. The van der Waals surface area contributed by atoms with Gasteiger partial charge in [-0.25, -0.2) is 4.39 Å². The Morgan fingerprint density at radius 1 is 1.08 bits per heavy atom. The van der Waals surface area contributed by atoms with Crippen LogP contribution in [0.1, 0.15) is 30.4 Å². The molecule has 0 unspecified atom stereocenters. The highest BCUT2D eigenvalue weighted by Crippen LogP contribution is 2.20. The fourth-order valence-corrected chi connectivity index (χ4v) is 2.35. The van der Waals surface area contributed by atoms with Gasteiger partial charge in [-0.2, -0.15) is 0 Å². The van der Waals surface area contributed by atoms with Crippen LogP contribution in [0.2, 0.25) is 0 Å². The van der Waals surface area contributed by atoms with E-state index in [1.165, 1.54) is 6.07 Å². The molecule has 1 amide bonds. The minimum Gasteiger partial charge on any atom is -0.455 e. The fraction of sp³-hybridized carbons (Fsp3) is 0.263. The summed E-state index contributed by atoms with van der Waals surface area (Å²) in [5.74, 6) is -1.69. The van der Waals surface area contributed by atoms with Gasteiger partial charge in [-0.05, 0) is 18.1 Å². The summed E-state index contributed by atoms with van der Waals surface area (Å²) in [7, 11) is 0. The third kappa shape index (κ3) is 4.91. The molecular formula is C19H20FNO3. The van der Waals surface area contributed by atoms with Crippen molar-refractivity contribution in [2.75, 3.05) is 6.61 Å². The highest BCUT2D eigenvalue weighted by molar-refractivity contribution is 5.83. The summed E-state index contributed by atoms with van der Waals surface area (Å²) in [6.07, 6.45) is 0.583. The molecule has 5 heteroatoms. The van der Waals surface area contributed by atoms with E-state index in [9.17, 15) is 14.0 Å². The summed E-state index contributed by atoms with van der Waals surface area (Å²) in [5, 5.41) is 2.54. The molecule has 24 heavy (non-hydrogen) atoms. The summed E-state index contributed by atoms with van der Waals surface area (Å²) in [5.41, 5.74) is 1.24. The molecule has 0 heterocycles. The summed E-state index contributed by atoms with van der Waals surface area (Å²) in [6, 6.07) is 15.5. The Kier molecular flexibility index (Phi) is 6.49. The standard InChI is InChI=1S/C19H20FNO3/c1-2-16(14-8-4-3-5-9-14)19(23)24-13-18(22)21-12-15-10-6-7-11-17(15)20/h3-11,16H,2,12-13H2,1H3,(H,21,22)/t16-/m0/s1. The Balaban J connectivity index is 1.82. The number of carbonyl (C=O) groups is 2. The number of halogens is 1. The first-order valence-corrected chi connectivity index (χ1v) is 7.83. The third-order valence-corrected chi connectivity index (χ3v) is 3.67. The fourth-order valence-electron chi connectivity index (χ4n) is 2.35. The van der Waals surface area contributed by atoms with Crippen LogP contribution in [-0.4, -0.2) is 18.5 Å². The van der Waals surface area contributed by atoms with Crippen molar-refractivity contribution in [1.82, 2.24) is 5.32 Å². The lowest BCUT2D eigenvalue weighted by Crippen LogP contribution is -2.29. The second-order valence-electron chi connectivity index (χ2n) is 5.35. The number of amides is 1. The summed E-state index contributed by atoms with van der Waals surface area (Å²) in [4.78, 5) is 23.9. The molecule has 0 fully saturated rings. The zero-order valence-electron chi connectivity index (χ0n) is 13.5. The minimum absolute atomic E-state index is 0.0545. The maximum Gasteiger partial charge on any atom is 0.313 e. The molecule has 126 valence electrons. The first-order valence-electron chi connectivity index (χ1n) is 7.83. The van der Waals surface area contributed by atoms with Gasteiger partial charge in [0, 0.05) is 12.1 Å². The summed E-state index contributed by atoms with van der Waals surface area (Å²) >= 11 is 0. The molecule has 0 aromatic heterocycles. The number of hydrogen-bond donors (Lipinski definition) is 1. The monoisotopic (exact) mass is 329 g/mol. The molecule has 0 aliphatic heterocycles. The molecule has 0 aliphatic carbocycles. The Morgan fingerprint density at radius 2 is 1.75 bits per heavy atom. The van der Waals surface area contributed by atoms with Crippen molar-refractivity contribution in [3.05, 3.63) is 71.5 Å². The van der Waals surface area contributed by atoms with Crippen LogP contribution in [0.3, 0.4) is 0 Å². The van der Waals surface area contributed by atoms with E-state index in [4.69, 9.17) is 4.74 Å². The molecule has 2 aromatic carbocycles. The van der Waals surface area contributed by atoms with E-state index in [2.05, 4.69) is 5.32 Å². The number of carbonyl (C=O) groups excluding carboxylic acids is 2. The first kappa shape index (κ1) is 17.7. The molecule has 2 aromatic rings. The zero-order valence-corrected chi connectivity index (χ0v) is 13.5. The molecular weight excluding hydrogens is 309 g/mol. The van der Waals surface area contributed by atoms with E-state index < -0.39 is 17.8 Å². The molecule has 0 saturated carbocycles. The smallest absolute Gasteiger partial charge is 0.313 e. The van der Waals surface area contributed by atoms with E-state index in [0.29, 0.717) is 12.0 Å². The van der Waals surface area contributed by atoms with Gasteiger partial charge in [0.25, 0.3) is 5.91 Å². The van der Waals surface area contributed by atoms with Crippen LogP contribution in [0.15, 0.2) is 54.6 Å². The topological polar surface area (TPSA) is 55.4 Å². The Morgan fingerprint density at radius 3 is 2.42 bits per heavy atom. The van der Waals surface area contributed by atoms with Crippen LogP contribution in [0, 0.1) is 5.82 Å². The molecule has 0 saturated heterocycles. The highest BCUT2D eigenvalue weighted by Gasteiger charge is 2.20. The molecule has 0 aliphatic rings.